The van der Waals surface area contributed by atoms with Gasteiger partial charge in [-0.25, -0.2) is 4.21 Å². The fourth-order valence-corrected chi connectivity index (χ4v) is 1.47. The van der Waals surface area contributed by atoms with Gasteiger partial charge in [0, 0.05) is 10.5 Å². The third-order valence-electron chi connectivity index (χ3n) is 1.47. The molecule has 0 saturated heterocycles. The van der Waals surface area contributed by atoms with Gasteiger partial charge < -0.3 is 4.55 Å². The van der Waals surface area contributed by atoms with Crippen molar-refractivity contribution in [1.82, 2.24) is 0 Å². The van der Waals surface area contributed by atoms with Gasteiger partial charge in [-0.3, -0.25) is 10.1 Å². The molecule has 1 rings (SSSR count). The van der Waals surface area contributed by atoms with Crippen molar-refractivity contribution in [3.63, 3.8) is 0 Å². The number of nitro groups is 1. The van der Waals surface area contributed by atoms with Crippen LogP contribution in [0.5, 0.6) is 0 Å². The van der Waals surface area contributed by atoms with Crippen LogP contribution in [0.2, 0.25) is 0 Å². The Morgan fingerprint density at radius 2 is 1.92 bits per heavy atom. The van der Waals surface area contributed by atoms with Crippen molar-refractivity contribution in [3.8, 4) is 0 Å². The third kappa shape index (κ3) is 2.33. The van der Waals surface area contributed by atoms with Gasteiger partial charge in [-0.05, 0) is 0 Å². The van der Waals surface area contributed by atoms with E-state index in [4.69, 9.17) is 4.55 Å². The molecule has 0 fully saturated rings. The zero-order valence-electron chi connectivity index (χ0n) is 6.49. The smallest absolute Gasteiger partial charge is 0.301 e. The van der Waals surface area contributed by atoms with E-state index in [0.29, 0.717) is 0 Å². The molecule has 0 aliphatic heterocycles. The van der Waals surface area contributed by atoms with Gasteiger partial charge in [-0.2, -0.15) is 0 Å². The molecule has 0 spiro atoms. The summed E-state index contributed by atoms with van der Waals surface area (Å²) in [5.41, 5.74) is 0.230. The van der Waals surface area contributed by atoms with Crippen molar-refractivity contribution >= 4 is 11.1 Å². The molecule has 2 atom stereocenters. The molecule has 0 radical (unpaired) electrons. The molecule has 0 amide bonds. The Balaban J connectivity index is 3.03. The molecule has 0 aliphatic rings. The topological polar surface area (TPSA) is 80.4 Å². The first-order chi connectivity index (χ1) is 6.13. The van der Waals surface area contributed by atoms with Crippen molar-refractivity contribution in [2.45, 2.75) is 5.37 Å². The van der Waals surface area contributed by atoms with Crippen molar-refractivity contribution in [2.24, 2.45) is 0 Å². The van der Waals surface area contributed by atoms with E-state index in [-0.39, 0.29) is 5.56 Å². The standard InChI is InChI=1S/C7H7NO4S/c9-8(10)7(13(11)12)6-4-2-1-3-5-6/h1-5,7H,(H,11,12). The highest BCUT2D eigenvalue weighted by Crippen LogP contribution is 2.18. The van der Waals surface area contributed by atoms with Gasteiger partial charge in [0.25, 0.3) is 0 Å². The monoisotopic (exact) mass is 201 g/mol. The van der Waals surface area contributed by atoms with E-state index < -0.39 is 21.4 Å². The van der Waals surface area contributed by atoms with E-state index in [9.17, 15) is 14.3 Å². The van der Waals surface area contributed by atoms with Crippen LogP contribution >= 0.6 is 0 Å². The average molecular weight is 201 g/mol. The Labute approximate surface area is 76.8 Å². The molecule has 0 aliphatic carbocycles. The molecule has 1 N–H and O–H groups in total. The lowest BCUT2D eigenvalue weighted by Crippen LogP contribution is -2.15. The van der Waals surface area contributed by atoms with Crippen LogP contribution < -0.4 is 0 Å². The zero-order chi connectivity index (χ0) is 9.84. The summed E-state index contributed by atoms with van der Waals surface area (Å²) in [6, 6.07) is 7.74. The highest BCUT2D eigenvalue weighted by Gasteiger charge is 2.28. The summed E-state index contributed by atoms with van der Waals surface area (Å²) in [4.78, 5) is 9.62. The Morgan fingerprint density at radius 3 is 2.31 bits per heavy atom. The lowest BCUT2D eigenvalue weighted by Gasteiger charge is -2.03. The van der Waals surface area contributed by atoms with E-state index in [2.05, 4.69) is 0 Å². The molecule has 70 valence electrons. The highest BCUT2D eigenvalue weighted by atomic mass is 32.2. The molecule has 1 aromatic carbocycles. The quantitative estimate of drug-likeness (QED) is 0.452. The van der Waals surface area contributed by atoms with E-state index in [1.165, 1.54) is 12.1 Å². The van der Waals surface area contributed by atoms with E-state index >= 15 is 0 Å². The van der Waals surface area contributed by atoms with Gasteiger partial charge in [0.2, 0.25) is 11.1 Å². The summed E-state index contributed by atoms with van der Waals surface area (Å²) in [6.07, 6.45) is 0. The molecular formula is C7H7NO4S. The first kappa shape index (κ1) is 9.82. The minimum absolute atomic E-state index is 0.230. The Bertz CT molecular complexity index is 313. The second-order valence-corrected chi connectivity index (χ2v) is 3.32. The first-order valence-corrected chi connectivity index (χ1v) is 4.58. The van der Waals surface area contributed by atoms with Gasteiger partial charge in [0.1, 0.15) is 0 Å². The van der Waals surface area contributed by atoms with Crippen LogP contribution in [-0.2, 0) is 11.1 Å². The molecule has 0 saturated carbocycles. The molecule has 1 aromatic rings. The van der Waals surface area contributed by atoms with Crippen LogP contribution in [0, 0.1) is 10.1 Å². The van der Waals surface area contributed by atoms with E-state index in [0.717, 1.165) is 0 Å². The van der Waals surface area contributed by atoms with Crippen molar-refractivity contribution in [3.05, 3.63) is 46.0 Å². The summed E-state index contributed by atoms with van der Waals surface area (Å²) >= 11 is -2.48. The number of hydrogen-bond acceptors (Lipinski definition) is 3. The molecule has 5 nitrogen and oxygen atoms in total. The van der Waals surface area contributed by atoms with Gasteiger partial charge in [0.05, 0.1) is 0 Å². The number of hydrogen-bond donors (Lipinski definition) is 1. The van der Waals surface area contributed by atoms with Gasteiger partial charge in [0.15, 0.2) is 0 Å². The molecule has 2 unspecified atom stereocenters. The molecule has 0 aromatic heterocycles. The molecule has 0 bridgehead atoms. The molecular weight excluding hydrogens is 194 g/mol. The lowest BCUT2D eigenvalue weighted by atomic mass is 10.2. The Kier molecular flexibility index (Phi) is 3.10. The average Bonchev–Trinajstić information content (AvgIpc) is 2.04. The van der Waals surface area contributed by atoms with E-state index in [1.54, 1.807) is 18.2 Å². The summed E-state index contributed by atoms with van der Waals surface area (Å²) in [6.45, 7) is 0. The van der Waals surface area contributed by atoms with Crippen LogP contribution in [0.15, 0.2) is 30.3 Å². The zero-order valence-corrected chi connectivity index (χ0v) is 7.31. The maximum absolute atomic E-state index is 10.6. The normalized spacial score (nSPS) is 14.8. The number of nitrogens with zero attached hydrogens (tertiary/aromatic N) is 1. The maximum Gasteiger partial charge on any atom is 0.335 e. The minimum atomic E-state index is -2.48. The van der Waals surface area contributed by atoms with Crippen LogP contribution in [0.1, 0.15) is 10.9 Å². The summed E-state index contributed by atoms with van der Waals surface area (Å²) < 4.78 is 19.3. The summed E-state index contributed by atoms with van der Waals surface area (Å²) in [5.74, 6) is 0. The van der Waals surface area contributed by atoms with Crippen molar-refractivity contribution in [2.75, 3.05) is 0 Å². The van der Waals surface area contributed by atoms with Gasteiger partial charge in [-0.1, -0.05) is 30.3 Å². The molecule has 6 heteroatoms. The summed E-state index contributed by atoms with van der Waals surface area (Å²) in [7, 11) is 0. The fraction of sp³-hybridized carbons (Fsp3) is 0.143. The van der Waals surface area contributed by atoms with Crippen LogP contribution in [0.25, 0.3) is 0 Å². The fourth-order valence-electron chi connectivity index (χ4n) is 0.929. The second-order valence-electron chi connectivity index (χ2n) is 2.32. The van der Waals surface area contributed by atoms with Crippen LogP contribution in [0.4, 0.5) is 0 Å². The summed E-state index contributed by atoms with van der Waals surface area (Å²) in [5, 5.41) is 8.84. The number of benzene rings is 1. The largest absolute Gasteiger partial charge is 0.335 e. The van der Waals surface area contributed by atoms with Crippen molar-refractivity contribution in [1.29, 1.82) is 0 Å². The molecule has 0 heterocycles. The van der Waals surface area contributed by atoms with Gasteiger partial charge in [-0.15, -0.1) is 0 Å². The predicted octanol–water partition coefficient (Wildman–Crippen LogP) is 1.18. The SMILES string of the molecule is O=[N+]([O-])C(c1ccccc1)S(=O)O. The van der Waals surface area contributed by atoms with Crippen molar-refractivity contribution < 1.29 is 13.7 Å². The Hall–Kier alpha value is -1.27. The Morgan fingerprint density at radius 1 is 1.38 bits per heavy atom. The van der Waals surface area contributed by atoms with Crippen LogP contribution in [0.3, 0.4) is 0 Å². The molecule has 13 heavy (non-hydrogen) atoms. The van der Waals surface area contributed by atoms with Crippen LogP contribution in [-0.4, -0.2) is 13.7 Å². The number of rotatable bonds is 3. The third-order valence-corrected chi connectivity index (χ3v) is 2.29. The second kappa shape index (κ2) is 4.11. The highest BCUT2D eigenvalue weighted by molar-refractivity contribution is 7.79. The maximum atomic E-state index is 10.6. The first-order valence-electron chi connectivity index (χ1n) is 3.41. The van der Waals surface area contributed by atoms with Gasteiger partial charge >= 0.3 is 5.37 Å². The minimum Gasteiger partial charge on any atom is -0.301 e. The lowest BCUT2D eigenvalue weighted by molar-refractivity contribution is -0.502. The predicted molar refractivity (Wildman–Crippen MR) is 46.9 cm³/mol. The van der Waals surface area contributed by atoms with E-state index in [1.807, 2.05) is 0 Å².